The van der Waals surface area contributed by atoms with E-state index in [0.29, 0.717) is 0 Å². The Morgan fingerprint density at radius 2 is 2.12 bits per heavy atom. The normalized spacial score (nSPS) is 10.8. The fourth-order valence-electron chi connectivity index (χ4n) is 1.77. The molecule has 0 spiro atoms. The number of rotatable bonds is 1. The standard InChI is InChI=1S/C12H9N3O/c16-11-5-1-2-7-15(11)10-8-14-12-9(10)4-3-6-13-12/h1-8H,(H,13,14). The van der Waals surface area contributed by atoms with E-state index >= 15 is 0 Å². The molecule has 4 nitrogen and oxygen atoms in total. The molecule has 78 valence electrons. The van der Waals surface area contributed by atoms with Gasteiger partial charge in [0.25, 0.3) is 5.56 Å². The van der Waals surface area contributed by atoms with E-state index in [1.807, 2.05) is 18.2 Å². The number of aromatic amines is 1. The maximum atomic E-state index is 11.7. The maximum absolute atomic E-state index is 11.7. The predicted octanol–water partition coefficient (Wildman–Crippen LogP) is 1.71. The molecule has 0 saturated carbocycles. The molecule has 3 heterocycles. The lowest BCUT2D eigenvalue weighted by Crippen LogP contribution is -2.14. The Morgan fingerprint density at radius 3 is 3.00 bits per heavy atom. The highest BCUT2D eigenvalue weighted by molar-refractivity contribution is 5.85. The second-order valence-electron chi connectivity index (χ2n) is 3.48. The van der Waals surface area contributed by atoms with Gasteiger partial charge in [0.1, 0.15) is 5.65 Å². The molecule has 3 aromatic rings. The smallest absolute Gasteiger partial charge is 0.255 e. The van der Waals surface area contributed by atoms with Gasteiger partial charge in [0.2, 0.25) is 0 Å². The molecule has 1 N–H and O–H groups in total. The molecule has 0 unspecified atom stereocenters. The van der Waals surface area contributed by atoms with E-state index in [9.17, 15) is 4.79 Å². The number of hydrogen-bond donors (Lipinski definition) is 1. The van der Waals surface area contributed by atoms with Crippen molar-refractivity contribution in [3.63, 3.8) is 0 Å². The zero-order chi connectivity index (χ0) is 11.0. The van der Waals surface area contributed by atoms with Crippen molar-refractivity contribution in [2.75, 3.05) is 0 Å². The zero-order valence-corrected chi connectivity index (χ0v) is 8.42. The van der Waals surface area contributed by atoms with E-state index in [2.05, 4.69) is 9.97 Å². The molecule has 0 aliphatic rings. The number of H-pyrrole nitrogens is 1. The van der Waals surface area contributed by atoms with Crippen molar-refractivity contribution in [2.45, 2.75) is 0 Å². The highest BCUT2D eigenvalue weighted by atomic mass is 16.1. The zero-order valence-electron chi connectivity index (χ0n) is 8.42. The molecule has 0 saturated heterocycles. The van der Waals surface area contributed by atoms with Gasteiger partial charge in [-0.15, -0.1) is 0 Å². The summed E-state index contributed by atoms with van der Waals surface area (Å²) in [5.74, 6) is 0. The summed E-state index contributed by atoms with van der Waals surface area (Å²) < 4.78 is 1.60. The third-order valence-corrected chi connectivity index (χ3v) is 2.51. The molecule has 0 aromatic carbocycles. The van der Waals surface area contributed by atoms with Crippen LogP contribution in [0.5, 0.6) is 0 Å². The van der Waals surface area contributed by atoms with Crippen molar-refractivity contribution in [1.29, 1.82) is 0 Å². The van der Waals surface area contributed by atoms with Gasteiger partial charge in [-0.2, -0.15) is 0 Å². The van der Waals surface area contributed by atoms with E-state index in [1.54, 1.807) is 29.2 Å². The summed E-state index contributed by atoms with van der Waals surface area (Å²) >= 11 is 0. The summed E-state index contributed by atoms with van der Waals surface area (Å²) in [5.41, 5.74) is 1.56. The summed E-state index contributed by atoms with van der Waals surface area (Å²) in [6.07, 6.45) is 5.26. The number of fused-ring (bicyclic) bond motifs is 1. The predicted molar refractivity (Wildman–Crippen MR) is 61.7 cm³/mol. The van der Waals surface area contributed by atoms with Crippen molar-refractivity contribution < 1.29 is 0 Å². The Hall–Kier alpha value is -2.36. The van der Waals surface area contributed by atoms with Crippen LogP contribution in [0.1, 0.15) is 0 Å². The third-order valence-electron chi connectivity index (χ3n) is 2.51. The van der Waals surface area contributed by atoms with Gasteiger partial charge in [-0.05, 0) is 18.2 Å². The van der Waals surface area contributed by atoms with Crippen LogP contribution in [0.2, 0.25) is 0 Å². The van der Waals surface area contributed by atoms with E-state index in [-0.39, 0.29) is 5.56 Å². The number of nitrogens with one attached hydrogen (secondary N) is 1. The highest BCUT2D eigenvalue weighted by Crippen LogP contribution is 2.17. The van der Waals surface area contributed by atoms with Gasteiger partial charge >= 0.3 is 0 Å². The molecule has 0 aliphatic heterocycles. The largest absolute Gasteiger partial charge is 0.344 e. The average Bonchev–Trinajstić information content (AvgIpc) is 2.74. The molecule has 0 atom stereocenters. The third kappa shape index (κ3) is 1.24. The minimum Gasteiger partial charge on any atom is -0.344 e. The summed E-state index contributed by atoms with van der Waals surface area (Å²) in [4.78, 5) is 18.9. The molecule has 0 aliphatic carbocycles. The first-order chi connectivity index (χ1) is 7.86. The summed E-state index contributed by atoms with van der Waals surface area (Å²) in [7, 11) is 0. The number of aromatic nitrogens is 3. The van der Waals surface area contributed by atoms with Crippen molar-refractivity contribution in [1.82, 2.24) is 14.5 Å². The Kier molecular flexibility index (Phi) is 1.86. The van der Waals surface area contributed by atoms with Gasteiger partial charge in [-0.25, -0.2) is 4.98 Å². The Bertz CT molecular complexity index is 696. The van der Waals surface area contributed by atoms with Gasteiger partial charge < -0.3 is 4.98 Å². The van der Waals surface area contributed by atoms with Crippen molar-refractivity contribution in [3.8, 4) is 5.69 Å². The number of pyridine rings is 2. The second kappa shape index (κ2) is 3.34. The van der Waals surface area contributed by atoms with Crippen LogP contribution in [0, 0.1) is 0 Å². The average molecular weight is 211 g/mol. The van der Waals surface area contributed by atoms with Crippen molar-refractivity contribution in [2.24, 2.45) is 0 Å². The van der Waals surface area contributed by atoms with Crippen LogP contribution < -0.4 is 5.56 Å². The van der Waals surface area contributed by atoms with Crippen molar-refractivity contribution >= 4 is 11.0 Å². The van der Waals surface area contributed by atoms with Crippen molar-refractivity contribution in [3.05, 3.63) is 59.3 Å². The monoisotopic (exact) mass is 211 g/mol. The van der Waals surface area contributed by atoms with Crippen LogP contribution >= 0.6 is 0 Å². The lowest BCUT2D eigenvalue weighted by molar-refractivity contribution is 0.999. The first-order valence-electron chi connectivity index (χ1n) is 4.96. The van der Waals surface area contributed by atoms with Gasteiger partial charge in [0, 0.05) is 30.0 Å². The Morgan fingerprint density at radius 1 is 1.19 bits per heavy atom. The van der Waals surface area contributed by atoms with E-state index in [0.717, 1.165) is 16.7 Å². The lowest BCUT2D eigenvalue weighted by atomic mass is 10.3. The molecular weight excluding hydrogens is 202 g/mol. The van der Waals surface area contributed by atoms with Crippen LogP contribution in [0.25, 0.3) is 16.7 Å². The highest BCUT2D eigenvalue weighted by Gasteiger charge is 2.05. The van der Waals surface area contributed by atoms with Gasteiger partial charge in [0.05, 0.1) is 5.69 Å². The molecule has 16 heavy (non-hydrogen) atoms. The fourth-order valence-corrected chi connectivity index (χ4v) is 1.77. The topological polar surface area (TPSA) is 50.7 Å². The molecule has 0 fully saturated rings. The van der Waals surface area contributed by atoms with Crippen LogP contribution in [0.4, 0.5) is 0 Å². The molecular formula is C12H9N3O. The van der Waals surface area contributed by atoms with E-state index < -0.39 is 0 Å². The molecule has 0 bridgehead atoms. The van der Waals surface area contributed by atoms with Gasteiger partial charge in [0.15, 0.2) is 0 Å². The minimum absolute atomic E-state index is 0.0488. The quantitative estimate of drug-likeness (QED) is 0.666. The van der Waals surface area contributed by atoms with Crippen LogP contribution in [-0.4, -0.2) is 14.5 Å². The Balaban J connectivity index is 2.35. The second-order valence-corrected chi connectivity index (χ2v) is 3.48. The lowest BCUT2D eigenvalue weighted by Gasteiger charge is -2.01. The summed E-state index contributed by atoms with van der Waals surface area (Å²) in [6.45, 7) is 0. The SMILES string of the molecule is O=c1ccccn1-c1c[nH]c2ncccc12. The first kappa shape index (κ1) is 8.91. The first-order valence-corrected chi connectivity index (χ1v) is 4.96. The molecule has 4 heteroatoms. The molecule has 0 radical (unpaired) electrons. The number of hydrogen-bond acceptors (Lipinski definition) is 2. The van der Waals surface area contributed by atoms with Crippen LogP contribution in [0.3, 0.4) is 0 Å². The number of nitrogens with zero attached hydrogens (tertiary/aromatic N) is 2. The van der Waals surface area contributed by atoms with E-state index in [1.165, 1.54) is 6.07 Å². The molecule has 0 amide bonds. The summed E-state index contributed by atoms with van der Waals surface area (Å²) in [6, 6.07) is 8.89. The molecule has 3 rings (SSSR count). The van der Waals surface area contributed by atoms with Gasteiger partial charge in [-0.3, -0.25) is 9.36 Å². The van der Waals surface area contributed by atoms with Gasteiger partial charge in [-0.1, -0.05) is 6.07 Å². The van der Waals surface area contributed by atoms with E-state index in [4.69, 9.17) is 0 Å². The van der Waals surface area contributed by atoms with Crippen LogP contribution in [0.15, 0.2) is 53.7 Å². The molecule has 3 aromatic heterocycles. The summed E-state index contributed by atoms with van der Waals surface area (Å²) in [5, 5.41) is 0.941. The fraction of sp³-hybridized carbons (Fsp3) is 0. The minimum atomic E-state index is -0.0488. The maximum Gasteiger partial charge on any atom is 0.255 e. The Labute approximate surface area is 91.2 Å². The van der Waals surface area contributed by atoms with Crippen LogP contribution in [-0.2, 0) is 0 Å².